The summed E-state index contributed by atoms with van der Waals surface area (Å²) < 4.78 is 11.1. The van der Waals surface area contributed by atoms with Gasteiger partial charge in [0.15, 0.2) is 0 Å². The van der Waals surface area contributed by atoms with Crippen molar-refractivity contribution in [3.8, 4) is 0 Å². The Balaban J connectivity index is 1.69. The van der Waals surface area contributed by atoms with Gasteiger partial charge in [-0.3, -0.25) is 15.6 Å². The SMILES string of the molecule is O=C(NNc1nc2c(Cl)cccc2s1)C1=COCCO1. The first kappa shape index (κ1) is 13.0. The molecule has 0 radical (unpaired) electrons. The minimum atomic E-state index is -0.421. The third-order valence-electron chi connectivity index (χ3n) is 2.53. The predicted molar refractivity (Wildman–Crippen MR) is 76.4 cm³/mol. The van der Waals surface area contributed by atoms with Crippen LogP contribution in [0, 0.1) is 0 Å². The molecule has 8 heteroatoms. The first-order valence-corrected chi connectivity index (χ1v) is 6.99. The van der Waals surface area contributed by atoms with Gasteiger partial charge in [-0.05, 0) is 12.1 Å². The summed E-state index contributed by atoms with van der Waals surface area (Å²) in [5, 5.41) is 1.11. The van der Waals surface area contributed by atoms with Crippen molar-refractivity contribution in [2.24, 2.45) is 0 Å². The second-order valence-corrected chi connectivity index (χ2v) is 5.32. The molecule has 104 valence electrons. The van der Waals surface area contributed by atoms with Crippen LogP contribution in [0.15, 0.2) is 30.2 Å². The fourth-order valence-corrected chi connectivity index (χ4v) is 2.75. The second kappa shape index (κ2) is 5.56. The summed E-state index contributed by atoms with van der Waals surface area (Å²) in [6.07, 6.45) is 1.29. The Bertz CT molecular complexity index is 686. The van der Waals surface area contributed by atoms with Gasteiger partial charge in [-0.25, -0.2) is 4.98 Å². The summed E-state index contributed by atoms with van der Waals surface area (Å²) in [5.41, 5.74) is 5.92. The van der Waals surface area contributed by atoms with Gasteiger partial charge < -0.3 is 9.47 Å². The predicted octanol–water partition coefficient (Wildman–Crippen LogP) is 2.28. The van der Waals surface area contributed by atoms with E-state index in [1.807, 2.05) is 12.1 Å². The number of carbonyl (C=O) groups excluding carboxylic acids is 1. The minimum absolute atomic E-state index is 0.128. The van der Waals surface area contributed by atoms with Crippen molar-refractivity contribution < 1.29 is 14.3 Å². The van der Waals surface area contributed by atoms with Crippen LogP contribution >= 0.6 is 22.9 Å². The van der Waals surface area contributed by atoms with Gasteiger partial charge in [0.2, 0.25) is 10.9 Å². The summed E-state index contributed by atoms with van der Waals surface area (Å²) in [5.74, 6) is -0.294. The number of thiazole rings is 1. The highest BCUT2D eigenvalue weighted by Crippen LogP contribution is 2.30. The lowest BCUT2D eigenvalue weighted by Crippen LogP contribution is -2.32. The number of nitrogens with one attached hydrogen (secondary N) is 2. The largest absolute Gasteiger partial charge is 0.494 e. The molecule has 1 amide bonds. The molecule has 1 aromatic carbocycles. The van der Waals surface area contributed by atoms with Crippen molar-refractivity contribution in [1.29, 1.82) is 0 Å². The zero-order valence-electron chi connectivity index (χ0n) is 10.2. The molecule has 1 aliphatic rings. The number of carbonyl (C=O) groups is 1. The highest BCUT2D eigenvalue weighted by atomic mass is 35.5. The Hall–Kier alpha value is -1.99. The topological polar surface area (TPSA) is 72.5 Å². The minimum Gasteiger partial charge on any atom is -0.494 e. The number of fused-ring (bicyclic) bond motifs is 1. The number of hydrogen-bond acceptors (Lipinski definition) is 6. The number of amides is 1. The molecule has 0 saturated carbocycles. The van der Waals surface area contributed by atoms with Crippen LogP contribution in [-0.4, -0.2) is 24.1 Å². The first-order valence-electron chi connectivity index (χ1n) is 5.80. The van der Waals surface area contributed by atoms with E-state index in [1.165, 1.54) is 17.6 Å². The number of halogens is 1. The van der Waals surface area contributed by atoms with Gasteiger partial charge in [-0.2, -0.15) is 0 Å². The number of rotatable bonds is 3. The Morgan fingerprint density at radius 3 is 3.05 bits per heavy atom. The van der Waals surface area contributed by atoms with E-state index >= 15 is 0 Å². The van der Waals surface area contributed by atoms with Gasteiger partial charge in [-0.15, -0.1) is 0 Å². The number of ether oxygens (including phenoxy) is 2. The molecular weight excluding hydrogens is 302 g/mol. The molecule has 1 aliphatic heterocycles. The smallest absolute Gasteiger partial charge is 0.307 e. The standard InChI is InChI=1S/C12H10ClN3O3S/c13-7-2-1-3-9-10(7)14-12(20-9)16-15-11(17)8-6-18-4-5-19-8/h1-3,6H,4-5H2,(H,14,16)(H,15,17). The highest BCUT2D eigenvalue weighted by molar-refractivity contribution is 7.22. The maximum absolute atomic E-state index is 11.8. The molecule has 1 aromatic heterocycles. The Kier molecular flexibility index (Phi) is 3.62. The van der Waals surface area contributed by atoms with Crippen molar-refractivity contribution >= 4 is 44.2 Å². The molecule has 2 aromatic rings. The molecule has 2 heterocycles. The third kappa shape index (κ3) is 2.63. The molecule has 0 bridgehead atoms. The van der Waals surface area contributed by atoms with Gasteiger partial charge in [0.1, 0.15) is 25.0 Å². The van der Waals surface area contributed by atoms with Crippen LogP contribution in [0.4, 0.5) is 5.13 Å². The number of para-hydroxylation sites is 1. The van der Waals surface area contributed by atoms with Crippen molar-refractivity contribution in [3.63, 3.8) is 0 Å². The van der Waals surface area contributed by atoms with Crippen LogP contribution in [-0.2, 0) is 14.3 Å². The van der Waals surface area contributed by atoms with Gasteiger partial charge >= 0.3 is 5.91 Å². The maximum atomic E-state index is 11.8. The zero-order valence-corrected chi connectivity index (χ0v) is 11.8. The Labute approximate surface area is 123 Å². The molecule has 0 aliphatic carbocycles. The second-order valence-electron chi connectivity index (χ2n) is 3.89. The van der Waals surface area contributed by atoms with E-state index in [-0.39, 0.29) is 5.76 Å². The third-order valence-corrected chi connectivity index (χ3v) is 3.77. The molecule has 0 fully saturated rings. The van der Waals surface area contributed by atoms with E-state index in [2.05, 4.69) is 15.8 Å². The van der Waals surface area contributed by atoms with Gasteiger partial charge in [0.25, 0.3) is 0 Å². The molecule has 2 N–H and O–H groups in total. The number of hydrazine groups is 1. The van der Waals surface area contributed by atoms with Crippen molar-refractivity contribution in [3.05, 3.63) is 35.2 Å². The number of anilines is 1. The number of nitrogens with zero attached hydrogens (tertiary/aromatic N) is 1. The van der Waals surface area contributed by atoms with Crippen LogP contribution in [0.3, 0.4) is 0 Å². The van der Waals surface area contributed by atoms with E-state index in [0.29, 0.717) is 28.9 Å². The van der Waals surface area contributed by atoms with Gasteiger partial charge in [0.05, 0.1) is 9.72 Å². The average molecular weight is 312 g/mol. The summed E-state index contributed by atoms with van der Waals surface area (Å²) in [4.78, 5) is 16.1. The van der Waals surface area contributed by atoms with Gasteiger partial charge in [-0.1, -0.05) is 29.0 Å². The summed E-state index contributed by atoms with van der Waals surface area (Å²) in [6.45, 7) is 0.802. The zero-order chi connectivity index (χ0) is 13.9. The molecular formula is C12H10ClN3O3S. The van der Waals surface area contributed by atoms with Crippen LogP contribution < -0.4 is 10.9 Å². The van der Waals surface area contributed by atoms with Crippen molar-refractivity contribution in [2.45, 2.75) is 0 Å². The highest BCUT2D eigenvalue weighted by Gasteiger charge is 2.15. The molecule has 0 saturated heterocycles. The van der Waals surface area contributed by atoms with Crippen LogP contribution in [0.5, 0.6) is 0 Å². The molecule has 3 rings (SSSR count). The fraction of sp³-hybridized carbons (Fsp3) is 0.167. The normalized spacial score (nSPS) is 14.2. The van der Waals surface area contributed by atoms with Crippen LogP contribution in [0.1, 0.15) is 0 Å². The van der Waals surface area contributed by atoms with E-state index in [1.54, 1.807) is 6.07 Å². The molecule has 0 unspecified atom stereocenters. The summed E-state index contributed by atoms with van der Waals surface area (Å²) in [7, 11) is 0. The molecule has 20 heavy (non-hydrogen) atoms. The molecule has 6 nitrogen and oxygen atoms in total. The van der Waals surface area contributed by atoms with Crippen LogP contribution in [0.2, 0.25) is 5.02 Å². The quantitative estimate of drug-likeness (QED) is 0.851. The number of hydrogen-bond donors (Lipinski definition) is 2. The lowest BCUT2D eigenvalue weighted by Gasteiger charge is -2.14. The monoisotopic (exact) mass is 311 g/mol. The lowest BCUT2D eigenvalue weighted by atomic mass is 10.3. The van der Waals surface area contributed by atoms with E-state index in [9.17, 15) is 4.79 Å². The number of benzene rings is 1. The average Bonchev–Trinajstić information content (AvgIpc) is 2.90. The van der Waals surface area contributed by atoms with Crippen molar-refractivity contribution in [2.75, 3.05) is 18.6 Å². The summed E-state index contributed by atoms with van der Waals surface area (Å²) in [6, 6.07) is 5.53. The fourth-order valence-electron chi connectivity index (χ4n) is 1.63. The van der Waals surface area contributed by atoms with Crippen LogP contribution in [0.25, 0.3) is 10.2 Å². The number of aromatic nitrogens is 1. The Morgan fingerprint density at radius 1 is 1.40 bits per heavy atom. The van der Waals surface area contributed by atoms with E-state index in [4.69, 9.17) is 21.1 Å². The molecule has 0 atom stereocenters. The summed E-state index contributed by atoms with van der Waals surface area (Å²) >= 11 is 7.43. The first-order chi connectivity index (χ1) is 9.74. The maximum Gasteiger partial charge on any atom is 0.307 e. The van der Waals surface area contributed by atoms with E-state index in [0.717, 1.165) is 4.70 Å². The lowest BCUT2D eigenvalue weighted by molar-refractivity contribution is -0.121. The Morgan fingerprint density at radius 2 is 2.30 bits per heavy atom. The van der Waals surface area contributed by atoms with Gasteiger partial charge in [0, 0.05) is 0 Å². The van der Waals surface area contributed by atoms with Crippen molar-refractivity contribution in [1.82, 2.24) is 10.4 Å². The van der Waals surface area contributed by atoms with E-state index < -0.39 is 5.91 Å². The molecule has 0 spiro atoms.